The summed E-state index contributed by atoms with van der Waals surface area (Å²) in [5, 5.41) is 3.26. The summed E-state index contributed by atoms with van der Waals surface area (Å²) in [6, 6.07) is 0. The van der Waals surface area contributed by atoms with E-state index in [1.54, 1.807) is 0 Å². The van der Waals surface area contributed by atoms with E-state index in [0.717, 1.165) is 5.01 Å². The Kier molecular flexibility index (Phi) is 3.29. The maximum Gasteiger partial charge on any atom is 0.289 e. The van der Waals surface area contributed by atoms with Gasteiger partial charge in [0.2, 0.25) is 5.91 Å². The van der Waals surface area contributed by atoms with Crippen molar-refractivity contribution in [2.24, 2.45) is 5.84 Å². The van der Waals surface area contributed by atoms with Crippen molar-refractivity contribution < 1.29 is 9.59 Å². The van der Waals surface area contributed by atoms with Crippen LogP contribution in [0.15, 0.2) is 12.4 Å². The molecule has 0 saturated heterocycles. The minimum atomic E-state index is -0.521. The zero-order valence-electron chi connectivity index (χ0n) is 8.39. The number of nitrogens with two attached hydrogens (primary N) is 1. The van der Waals surface area contributed by atoms with Crippen molar-refractivity contribution in [3.8, 4) is 0 Å². The molecule has 3 N–H and O–H groups in total. The summed E-state index contributed by atoms with van der Waals surface area (Å²) < 4.78 is 0. The number of anilines is 1. The van der Waals surface area contributed by atoms with E-state index in [0.29, 0.717) is 0 Å². The highest BCUT2D eigenvalue weighted by molar-refractivity contribution is 6.00. The molecule has 0 aromatic carbocycles. The van der Waals surface area contributed by atoms with Crippen molar-refractivity contribution in [1.29, 1.82) is 0 Å². The van der Waals surface area contributed by atoms with E-state index in [1.807, 2.05) is 0 Å². The average molecular weight is 209 g/mol. The first-order valence-corrected chi connectivity index (χ1v) is 4.13. The molecular weight excluding hydrogens is 198 g/mol. The quantitative estimate of drug-likeness (QED) is 0.384. The van der Waals surface area contributed by atoms with Crippen LogP contribution >= 0.6 is 0 Å². The van der Waals surface area contributed by atoms with Crippen molar-refractivity contribution in [2.75, 3.05) is 12.4 Å². The smallest absolute Gasteiger partial charge is 0.289 e. The van der Waals surface area contributed by atoms with Gasteiger partial charge in [0, 0.05) is 26.4 Å². The number of carbonyl (C=O) groups is 2. The summed E-state index contributed by atoms with van der Waals surface area (Å²) in [6.45, 7) is 1.31. The third-order valence-corrected chi connectivity index (χ3v) is 1.52. The van der Waals surface area contributed by atoms with E-state index in [-0.39, 0.29) is 17.4 Å². The number of aromatic nitrogens is 2. The van der Waals surface area contributed by atoms with Gasteiger partial charge in [0.15, 0.2) is 11.5 Å². The monoisotopic (exact) mass is 209 g/mol. The Hall–Kier alpha value is -2.02. The molecule has 7 nitrogen and oxygen atoms in total. The normalized spacial score (nSPS) is 9.53. The molecule has 0 saturated carbocycles. The Balaban J connectivity index is 3.06. The lowest BCUT2D eigenvalue weighted by Crippen LogP contribution is -2.34. The lowest BCUT2D eigenvalue weighted by Gasteiger charge is -2.11. The molecule has 0 aliphatic rings. The summed E-state index contributed by atoms with van der Waals surface area (Å²) in [5.41, 5.74) is 0.0118. The van der Waals surface area contributed by atoms with Crippen molar-refractivity contribution in [3.63, 3.8) is 0 Å². The van der Waals surface area contributed by atoms with Gasteiger partial charge < -0.3 is 5.32 Å². The third-order valence-electron chi connectivity index (χ3n) is 1.52. The fraction of sp³-hybridized carbons (Fsp3) is 0.250. The lowest BCUT2D eigenvalue weighted by atomic mass is 10.3. The maximum atomic E-state index is 11.5. The topological polar surface area (TPSA) is 101 Å². The standard InChI is InChI=1S/C8H11N5O2/c1-5(14)12-7-6(8(15)13(2)9)10-3-4-11-7/h3-4H,9H2,1-2H3,(H,11,12,14). The van der Waals surface area contributed by atoms with Crippen LogP contribution in [0.4, 0.5) is 5.82 Å². The highest BCUT2D eigenvalue weighted by Crippen LogP contribution is 2.09. The molecule has 15 heavy (non-hydrogen) atoms. The Morgan fingerprint density at radius 2 is 2.00 bits per heavy atom. The van der Waals surface area contributed by atoms with Gasteiger partial charge in [-0.1, -0.05) is 0 Å². The largest absolute Gasteiger partial charge is 0.309 e. The molecular formula is C8H11N5O2. The fourth-order valence-electron chi connectivity index (χ4n) is 0.920. The van der Waals surface area contributed by atoms with Gasteiger partial charge in [-0.25, -0.2) is 15.8 Å². The minimum absolute atomic E-state index is 0.0118. The fourth-order valence-corrected chi connectivity index (χ4v) is 0.920. The Bertz CT molecular complexity index is 390. The van der Waals surface area contributed by atoms with Crippen molar-refractivity contribution in [2.45, 2.75) is 6.92 Å². The first-order valence-electron chi connectivity index (χ1n) is 4.13. The van der Waals surface area contributed by atoms with Crippen LogP contribution in [0, 0.1) is 0 Å². The van der Waals surface area contributed by atoms with Crippen LogP contribution in [-0.2, 0) is 4.79 Å². The highest BCUT2D eigenvalue weighted by Gasteiger charge is 2.16. The predicted molar refractivity (Wildman–Crippen MR) is 52.6 cm³/mol. The van der Waals surface area contributed by atoms with Crippen molar-refractivity contribution in [1.82, 2.24) is 15.0 Å². The van der Waals surface area contributed by atoms with Crippen molar-refractivity contribution >= 4 is 17.6 Å². The SMILES string of the molecule is CC(=O)Nc1nccnc1C(=O)N(C)N. The number of hydrogen-bond acceptors (Lipinski definition) is 5. The molecule has 0 aliphatic carbocycles. The van der Waals surface area contributed by atoms with Gasteiger partial charge in [0.25, 0.3) is 5.91 Å². The minimum Gasteiger partial charge on any atom is -0.309 e. The van der Waals surface area contributed by atoms with Crippen molar-refractivity contribution in [3.05, 3.63) is 18.1 Å². The summed E-state index contributed by atoms with van der Waals surface area (Å²) in [5.74, 6) is 4.52. The van der Waals surface area contributed by atoms with Crippen LogP contribution in [-0.4, -0.2) is 33.8 Å². The van der Waals surface area contributed by atoms with E-state index in [1.165, 1.54) is 26.4 Å². The Morgan fingerprint density at radius 3 is 2.53 bits per heavy atom. The van der Waals surface area contributed by atoms with E-state index in [4.69, 9.17) is 5.84 Å². The van der Waals surface area contributed by atoms with Gasteiger partial charge in [-0.3, -0.25) is 14.6 Å². The van der Waals surface area contributed by atoms with Gasteiger partial charge in [0.1, 0.15) is 0 Å². The summed E-state index contributed by atoms with van der Waals surface area (Å²) in [4.78, 5) is 29.9. The molecule has 1 aromatic heterocycles. The molecule has 0 aliphatic heterocycles. The van der Waals surface area contributed by atoms with Gasteiger partial charge >= 0.3 is 0 Å². The van der Waals surface area contributed by atoms with Crippen LogP contribution in [0.5, 0.6) is 0 Å². The van der Waals surface area contributed by atoms with E-state index in [2.05, 4.69) is 15.3 Å². The molecule has 0 atom stereocenters. The number of hydrogen-bond donors (Lipinski definition) is 2. The van der Waals surface area contributed by atoms with Crippen LogP contribution in [0.2, 0.25) is 0 Å². The zero-order valence-corrected chi connectivity index (χ0v) is 8.39. The maximum absolute atomic E-state index is 11.5. The molecule has 0 fully saturated rings. The number of nitrogens with one attached hydrogen (secondary N) is 1. The molecule has 1 aromatic rings. The average Bonchev–Trinajstić information content (AvgIpc) is 2.16. The zero-order chi connectivity index (χ0) is 11.4. The third kappa shape index (κ3) is 2.71. The van der Waals surface area contributed by atoms with Gasteiger partial charge in [-0.15, -0.1) is 0 Å². The molecule has 1 heterocycles. The van der Waals surface area contributed by atoms with E-state index < -0.39 is 5.91 Å². The number of nitrogens with zero attached hydrogens (tertiary/aromatic N) is 3. The lowest BCUT2D eigenvalue weighted by molar-refractivity contribution is -0.114. The van der Waals surface area contributed by atoms with Crippen LogP contribution in [0.3, 0.4) is 0 Å². The Morgan fingerprint density at radius 1 is 1.40 bits per heavy atom. The number of carbonyl (C=O) groups excluding carboxylic acids is 2. The summed E-state index contributed by atoms with van der Waals surface area (Å²) in [7, 11) is 1.38. The summed E-state index contributed by atoms with van der Waals surface area (Å²) in [6.07, 6.45) is 2.72. The number of rotatable bonds is 2. The predicted octanol–water partition coefficient (Wildman–Crippen LogP) is -0.619. The van der Waals surface area contributed by atoms with Gasteiger partial charge in [-0.05, 0) is 0 Å². The second-order valence-electron chi connectivity index (χ2n) is 2.85. The molecule has 2 amide bonds. The molecule has 0 unspecified atom stereocenters. The molecule has 0 radical (unpaired) electrons. The van der Waals surface area contributed by atoms with Crippen LogP contribution in [0.25, 0.3) is 0 Å². The second-order valence-corrected chi connectivity index (χ2v) is 2.85. The number of hydrazine groups is 1. The molecule has 0 spiro atoms. The second kappa shape index (κ2) is 4.47. The molecule has 1 rings (SSSR count). The van der Waals surface area contributed by atoms with Crippen LogP contribution in [0.1, 0.15) is 17.4 Å². The van der Waals surface area contributed by atoms with E-state index in [9.17, 15) is 9.59 Å². The Labute approximate surface area is 86.3 Å². The first kappa shape index (κ1) is 11.1. The van der Waals surface area contributed by atoms with Crippen LogP contribution < -0.4 is 11.2 Å². The first-order chi connectivity index (χ1) is 7.02. The molecule has 0 bridgehead atoms. The van der Waals surface area contributed by atoms with Gasteiger partial charge in [-0.2, -0.15) is 0 Å². The summed E-state index contributed by atoms with van der Waals surface area (Å²) >= 11 is 0. The van der Waals surface area contributed by atoms with Gasteiger partial charge in [0.05, 0.1) is 0 Å². The van der Waals surface area contributed by atoms with E-state index >= 15 is 0 Å². The number of amides is 2. The molecule has 7 heteroatoms. The highest BCUT2D eigenvalue weighted by atomic mass is 16.2. The molecule has 80 valence electrons.